The second-order valence-electron chi connectivity index (χ2n) is 7.12. The van der Waals surface area contributed by atoms with Crippen molar-refractivity contribution in [3.8, 4) is 5.75 Å². The van der Waals surface area contributed by atoms with Crippen molar-refractivity contribution in [1.82, 2.24) is 9.21 Å². The maximum atomic E-state index is 12.9. The summed E-state index contributed by atoms with van der Waals surface area (Å²) in [5, 5.41) is 0. The van der Waals surface area contributed by atoms with Crippen LogP contribution < -0.4 is 4.74 Å². The number of carbonyl (C=O) groups is 2. The zero-order valence-corrected chi connectivity index (χ0v) is 18.0. The summed E-state index contributed by atoms with van der Waals surface area (Å²) in [6, 6.07) is 13.6. The predicted octanol–water partition coefficient (Wildman–Crippen LogP) is 2.36. The summed E-state index contributed by atoms with van der Waals surface area (Å²) in [6.45, 7) is 4.33. The lowest BCUT2D eigenvalue weighted by Crippen LogP contribution is -2.51. The maximum Gasteiger partial charge on any atom is 0.260 e. The number of amides is 1. The molecule has 3 rings (SSSR count). The lowest BCUT2D eigenvalue weighted by molar-refractivity contribution is -0.134. The molecule has 0 bridgehead atoms. The van der Waals surface area contributed by atoms with E-state index in [0.29, 0.717) is 24.4 Å². The fourth-order valence-corrected chi connectivity index (χ4v) is 4.84. The fourth-order valence-electron chi connectivity index (χ4n) is 3.37. The van der Waals surface area contributed by atoms with Gasteiger partial charge in [0, 0.05) is 31.7 Å². The number of benzene rings is 2. The number of carbonyl (C=O) groups excluding carboxylic acids is 2. The Morgan fingerprint density at radius 2 is 1.70 bits per heavy atom. The molecule has 1 heterocycles. The first kappa shape index (κ1) is 22.0. The minimum atomic E-state index is -3.72. The molecule has 1 aliphatic heterocycles. The molecule has 1 amide bonds. The molecule has 0 aliphatic carbocycles. The molecule has 0 aromatic heterocycles. The van der Waals surface area contributed by atoms with Crippen molar-refractivity contribution in [2.75, 3.05) is 32.8 Å². The van der Waals surface area contributed by atoms with Gasteiger partial charge in [0.1, 0.15) is 5.75 Å². The van der Waals surface area contributed by atoms with E-state index in [1.54, 1.807) is 17.0 Å². The van der Waals surface area contributed by atoms with E-state index in [-0.39, 0.29) is 36.3 Å². The Labute approximate surface area is 177 Å². The van der Waals surface area contributed by atoms with Crippen molar-refractivity contribution in [1.29, 1.82) is 0 Å². The summed E-state index contributed by atoms with van der Waals surface area (Å²) in [5.74, 6) is 0.337. The molecule has 0 N–H and O–H groups in total. The van der Waals surface area contributed by atoms with E-state index in [2.05, 4.69) is 0 Å². The Hall–Kier alpha value is -2.71. The number of hydrogen-bond donors (Lipinski definition) is 0. The average molecular weight is 431 g/mol. The van der Waals surface area contributed by atoms with Gasteiger partial charge in [0.25, 0.3) is 5.91 Å². The third kappa shape index (κ3) is 4.88. The van der Waals surface area contributed by atoms with E-state index < -0.39 is 10.0 Å². The van der Waals surface area contributed by atoms with Crippen molar-refractivity contribution >= 4 is 21.7 Å². The normalized spacial score (nSPS) is 15.1. The summed E-state index contributed by atoms with van der Waals surface area (Å²) in [4.78, 5) is 25.8. The molecule has 0 saturated carbocycles. The number of hydrogen-bond acceptors (Lipinski definition) is 5. The predicted molar refractivity (Wildman–Crippen MR) is 113 cm³/mol. The van der Waals surface area contributed by atoms with Crippen LogP contribution in [0.5, 0.6) is 5.75 Å². The number of ether oxygens (including phenoxy) is 1. The van der Waals surface area contributed by atoms with Gasteiger partial charge in [-0.3, -0.25) is 9.59 Å². The number of piperazine rings is 1. The quantitative estimate of drug-likeness (QED) is 0.630. The summed E-state index contributed by atoms with van der Waals surface area (Å²) >= 11 is 0. The van der Waals surface area contributed by atoms with Crippen LogP contribution in [-0.2, 0) is 21.2 Å². The molecule has 0 radical (unpaired) electrons. The molecule has 0 unspecified atom stereocenters. The van der Waals surface area contributed by atoms with Gasteiger partial charge in [-0.05, 0) is 37.1 Å². The Balaban J connectivity index is 1.59. The van der Waals surface area contributed by atoms with Crippen molar-refractivity contribution in [2.24, 2.45) is 0 Å². The van der Waals surface area contributed by atoms with E-state index in [1.165, 1.54) is 23.4 Å². The molecule has 7 nitrogen and oxygen atoms in total. The average Bonchev–Trinajstić information content (AvgIpc) is 2.77. The molecule has 1 saturated heterocycles. The molecular formula is C22H26N2O5S. The Bertz CT molecular complexity index is 1030. The number of para-hydroxylation sites is 1. The molecule has 0 atom stereocenters. The zero-order chi connectivity index (χ0) is 21.7. The molecule has 30 heavy (non-hydrogen) atoms. The van der Waals surface area contributed by atoms with Crippen LogP contribution in [0.4, 0.5) is 0 Å². The van der Waals surface area contributed by atoms with Crippen molar-refractivity contribution in [3.05, 3.63) is 59.7 Å². The van der Waals surface area contributed by atoms with Gasteiger partial charge in [-0.2, -0.15) is 4.31 Å². The van der Waals surface area contributed by atoms with E-state index >= 15 is 0 Å². The highest BCUT2D eigenvalue weighted by atomic mass is 32.2. The van der Waals surface area contributed by atoms with Crippen molar-refractivity contribution < 1.29 is 22.7 Å². The standard InChI is InChI=1S/C22H26N2O5S/c1-3-18-7-4-5-10-21(18)29-16-22(26)23-11-13-24(14-12-23)30(27,28)20-9-6-8-19(15-20)17(2)25/h4-10,15H,3,11-14,16H2,1-2H3. The highest BCUT2D eigenvalue weighted by Crippen LogP contribution is 2.20. The highest BCUT2D eigenvalue weighted by molar-refractivity contribution is 7.89. The number of sulfonamides is 1. The van der Waals surface area contributed by atoms with Gasteiger partial charge in [-0.25, -0.2) is 8.42 Å². The van der Waals surface area contributed by atoms with Gasteiger partial charge in [-0.1, -0.05) is 37.3 Å². The zero-order valence-electron chi connectivity index (χ0n) is 17.2. The van der Waals surface area contributed by atoms with Crippen LogP contribution in [0.3, 0.4) is 0 Å². The fraction of sp³-hybridized carbons (Fsp3) is 0.364. The summed E-state index contributed by atoms with van der Waals surface area (Å²) in [5.41, 5.74) is 1.39. The molecule has 1 fully saturated rings. The number of nitrogens with zero attached hydrogens (tertiary/aromatic N) is 2. The minimum absolute atomic E-state index is 0.0789. The summed E-state index contributed by atoms with van der Waals surface area (Å²) < 4.78 is 32.9. The van der Waals surface area contributed by atoms with E-state index in [9.17, 15) is 18.0 Å². The number of Topliss-reactive ketones (excluding diaryl/α,β-unsaturated/α-hetero) is 1. The van der Waals surface area contributed by atoms with Crippen LogP contribution >= 0.6 is 0 Å². The summed E-state index contributed by atoms with van der Waals surface area (Å²) in [6.07, 6.45) is 0.811. The number of aryl methyl sites for hydroxylation is 1. The van der Waals surface area contributed by atoms with E-state index in [1.807, 2.05) is 31.2 Å². The van der Waals surface area contributed by atoms with Crippen molar-refractivity contribution in [3.63, 3.8) is 0 Å². The van der Waals surface area contributed by atoms with Crippen LogP contribution in [0.25, 0.3) is 0 Å². The SMILES string of the molecule is CCc1ccccc1OCC(=O)N1CCN(S(=O)(=O)c2cccc(C(C)=O)c2)CC1. The molecule has 1 aliphatic rings. The van der Waals surface area contributed by atoms with Crippen LogP contribution in [0.2, 0.25) is 0 Å². The first-order valence-corrected chi connectivity index (χ1v) is 11.4. The second-order valence-corrected chi connectivity index (χ2v) is 9.06. The lowest BCUT2D eigenvalue weighted by Gasteiger charge is -2.34. The van der Waals surface area contributed by atoms with Crippen LogP contribution in [-0.4, -0.2) is 62.1 Å². The molecular weight excluding hydrogens is 404 g/mol. The Morgan fingerprint density at radius 3 is 2.37 bits per heavy atom. The van der Waals surface area contributed by atoms with Gasteiger partial charge in [-0.15, -0.1) is 0 Å². The van der Waals surface area contributed by atoms with Gasteiger partial charge in [0.05, 0.1) is 4.90 Å². The number of ketones is 1. The van der Waals surface area contributed by atoms with E-state index in [0.717, 1.165) is 12.0 Å². The lowest BCUT2D eigenvalue weighted by atomic mass is 10.1. The minimum Gasteiger partial charge on any atom is -0.483 e. The monoisotopic (exact) mass is 430 g/mol. The topological polar surface area (TPSA) is 84.0 Å². The number of rotatable bonds is 7. The van der Waals surface area contributed by atoms with Crippen LogP contribution in [0, 0.1) is 0 Å². The van der Waals surface area contributed by atoms with Gasteiger partial charge < -0.3 is 9.64 Å². The molecule has 2 aromatic carbocycles. The molecule has 2 aromatic rings. The first-order chi connectivity index (χ1) is 14.3. The smallest absolute Gasteiger partial charge is 0.260 e. The van der Waals surface area contributed by atoms with E-state index in [4.69, 9.17) is 4.74 Å². The Kier molecular flexibility index (Phi) is 6.89. The van der Waals surface area contributed by atoms with Crippen LogP contribution in [0.1, 0.15) is 29.8 Å². The van der Waals surface area contributed by atoms with Gasteiger partial charge in [0.15, 0.2) is 12.4 Å². The highest BCUT2D eigenvalue weighted by Gasteiger charge is 2.30. The maximum absolute atomic E-state index is 12.9. The molecule has 0 spiro atoms. The molecule has 8 heteroatoms. The van der Waals surface area contributed by atoms with Gasteiger partial charge in [0.2, 0.25) is 10.0 Å². The van der Waals surface area contributed by atoms with Crippen LogP contribution in [0.15, 0.2) is 53.4 Å². The Morgan fingerprint density at radius 1 is 1.00 bits per heavy atom. The first-order valence-electron chi connectivity index (χ1n) is 9.92. The second kappa shape index (κ2) is 9.40. The summed E-state index contributed by atoms with van der Waals surface area (Å²) in [7, 11) is -3.72. The third-order valence-corrected chi connectivity index (χ3v) is 7.07. The largest absolute Gasteiger partial charge is 0.483 e. The third-order valence-electron chi connectivity index (χ3n) is 5.17. The molecule has 160 valence electrons. The van der Waals surface area contributed by atoms with Crippen molar-refractivity contribution in [2.45, 2.75) is 25.2 Å². The van der Waals surface area contributed by atoms with Gasteiger partial charge >= 0.3 is 0 Å².